The minimum Gasteiger partial charge on any atom is -0.387 e. The standard InChI is InChI=1S/C13H20N2O2S2/c1-13(2)7-9-11(10(16)8-13)18-12(14-9)15-3-5-19(17)6-4-15/h10,16H,3-8H2,1-2H3. The van der Waals surface area contributed by atoms with Crippen LogP contribution in [0.5, 0.6) is 0 Å². The highest BCUT2D eigenvalue weighted by atomic mass is 32.2. The zero-order valence-corrected chi connectivity index (χ0v) is 13.0. The second-order valence-corrected chi connectivity index (χ2v) is 8.91. The van der Waals surface area contributed by atoms with Crippen molar-refractivity contribution in [1.82, 2.24) is 4.98 Å². The summed E-state index contributed by atoms with van der Waals surface area (Å²) in [6.07, 6.45) is 1.38. The minimum atomic E-state index is -0.658. The van der Waals surface area contributed by atoms with Gasteiger partial charge in [0.05, 0.1) is 16.7 Å². The number of hydrogen-bond donors (Lipinski definition) is 1. The van der Waals surface area contributed by atoms with E-state index in [4.69, 9.17) is 4.98 Å². The monoisotopic (exact) mass is 300 g/mol. The lowest BCUT2D eigenvalue weighted by atomic mass is 9.77. The molecule has 2 heterocycles. The maximum Gasteiger partial charge on any atom is 0.185 e. The average Bonchev–Trinajstić information content (AvgIpc) is 2.72. The van der Waals surface area contributed by atoms with E-state index in [0.29, 0.717) is 0 Å². The molecule has 0 spiro atoms. The molecule has 19 heavy (non-hydrogen) atoms. The van der Waals surface area contributed by atoms with Crippen LogP contribution in [0.3, 0.4) is 0 Å². The van der Waals surface area contributed by atoms with Crippen LogP contribution in [0.15, 0.2) is 0 Å². The Morgan fingerprint density at radius 1 is 1.42 bits per heavy atom. The molecule has 4 nitrogen and oxygen atoms in total. The van der Waals surface area contributed by atoms with Crippen LogP contribution in [0.1, 0.15) is 36.9 Å². The van der Waals surface area contributed by atoms with E-state index in [9.17, 15) is 9.32 Å². The Bertz CT molecular complexity index is 503. The number of thiazole rings is 1. The van der Waals surface area contributed by atoms with Crippen LogP contribution in [-0.2, 0) is 17.2 Å². The van der Waals surface area contributed by atoms with E-state index in [1.54, 1.807) is 11.3 Å². The van der Waals surface area contributed by atoms with E-state index in [0.717, 1.165) is 53.1 Å². The fourth-order valence-electron chi connectivity index (χ4n) is 2.84. The van der Waals surface area contributed by atoms with Crippen molar-refractivity contribution in [3.8, 4) is 0 Å². The van der Waals surface area contributed by atoms with Gasteiger partial charge in [-0.25, -0.2) is 4.98 Å². The van der Waals surface area contributed by atoms with Crippen LogP contribution < -0.4 is 4.90 Å². The van der Waals surface area contributed by atoms with Crippen LogP contribution in [0, 0.1) is 5.41 Å². The van der Waals surface area contributed by atoms with Gasteiger partial charge in [-0.05, 0) is 18.3 Å². The molecule has 1 fully saturated rings. The molecule has 1 aliphatic carbocycles. The van der Waals surface area contributed by atoms with E-state index >= 15 is 0 Å². The maximum absolute atomic E-state index is 11.4. The zero-order chi connectivity index (χ0) is 13.6. The predicted octanol–water partition coefficient (Wildman–Crippen LogP) is 1.72. The van der Waals surface area contributed by atoms with Gasteiger partial charge < -0.3 is 10.0 Å². The van der Waals surface area contributed by atoms with Gasteiger partial charge in [0.1, 0.15) is 0 Å². The summed E-state index contributed by atoms with van der Waals surface area (Å²) in [6, 6.07) is 0. The highest BCUT2D eigenvalue weighted by molar-refractivity contribution is 7.85. The molecule has 0 radical (unpaired) electrons. The lowest BCUT2D eigenvalue weighted by molar-refractivity contribution is 0.102. The number of aromatic nitrogens is 1. The fourth-order valence-corrected chi connectivity index (χ4v) is 5.01. The first kappa shape index (κ1) is 13.5. The number of aliphatic hydroxyl groups is 1. The van der Waals surface area contributed by atoms with E-state index in [-0.39, 0.29) is 11.5 Å². The summed E-state index contributed by atoms with van der Waals surface area (Å²) < 4.78 is 11.4. The van der Waals surface area contributed by atoms with Crippen molar-refractivity contribution in [2.24, 2.45) is 5.41 Å². The summed E-state index contributed by atoms with van der Waals surface area (Å²) in [5.74, 6) is 1.47. The summed E-state index contributed by atoms with van der Waals surface area (Å²) in [5.41, 5.74) is 1.19. The number of rotatable bonds is 1. The van der Waals surface area contributed by atoms with Gasteiger partial charge in [-0.3, -0.25) is 4.21 Å². The molecular formula is C13H20N2O2S2. The van der Waals surface area contributed by atoms with Crippen molar-refractivity contribution in [2.45, 2.75) is 32.8 Å². The van der Waals surface area contributed by atoms with Crippen LogP contribution in [0.4, 0.5) is 5.13 Å². The predicted molar refractivity (Wildman–Crippen MR) is 79.3 cm³/mol. The summed E-state index contributed by atoms with van der Waals surface area (Å²) in [7, 11) is -0.658. The molecule has 106 valence electrons. The number of anilines is 1. The van der Waals surface area contributed by atoms with Crippen molar-refractivity contribution in [2.75, 3.05) is 29.5 Å². The number of aliphatic hydroxyl groups excluding tert-OH is 1. The average molecular weight is 300 g/mol. The minimum absolute atomic E-state index is 0.126. The summed E-state index contributed by atoms with van der Waals surface area (Å²) in [6.45, 7) is 6.00. The molecule has 1 N–H and O–H groups in total. The molecule has 2 aliphatic rings. The second kappa shape index (κ2) is 4.82. The largest absolute Gasteiger partial charge is 0.387 e. The first-order valence-corrected chi connectivity index (χ1v) is 9.03. The Morgan fingerprint density at radius 3 is 2.79 bits per heavy atom. The molecule has 3 rings (SSSR count). The summed E-state index contributed by atoms with van der Waals surface area (Å²) in [5, 5.41) is 11.3. The molecule has 1 aliphatic heterocycles. The van der Waals surface area contributed by atoms with Crippen LogP contribution in [-0.4, -0.2) is 38.9 Å². The summed E-state index contributed by atoms with van der Waals surface area (Å²) >= 11 is 1.62. The van der Waals surface area contributed by atoms with Crippen molar-refractivity contribution >= 4 is 27.3 Å². The third-order valence-electron chi connectivity index (χ3n) is 3.86. The SMILES string of the molecule is CC1(C)Cc2nc(N3CCS(=O)CC3)sc2C(O)C1. The molecule has 1 aromatic heterocycles. The Labute approximate surface area is 120 Å². The van der Waals surface area contributed by atoms with Crippen LogP contribution in [0.2, 0.25) is 0 Å². The number of fused-ring (bicyclic) bond motifs is 1. The van der Waals surface area contributed by atoms with E-state index in [2.05, 4.69) is 18.7 Å². The molecule has 0 saturated carbocycles. The molecule has 0 bridgehead atoms. The molecule has 1 atom stereocenters. The van der Waals surface area contributed by atoms with Crippen molar-refractivity contribution < 1.29 is 9.32 Å². The molecule has 1 saturated heterocycles. The molecule has 1 aromatic rings. The van der Waals surface area contributed by atoms with Gasteiger partial charge >= 0.3 is 0 Å². The maximum atomic E-state index is 11.4. The third-order valence-corrected chi connectivity index (χ3v) is 6.39. The topological polar surface area (TPSA) is 53.4 Å². The molecular weight excluding hydrogens is 280 g/mol. The lowest BCUT2D eigenvalue weighted by Gasteiger charge is -2.31. The highest BCUT2D eigenvalue weighted by Crippen LogP contribution is 2.44. The smallest absolute Gasteiger partial charge is 0.185 e. The lowest BCUT2D eigenvalue weighted by Crippen LogP contribution is -2.37. The van der Waals surface area contributed by atoms with Crippen molar-refractivity contribution in [1.29, 1.82) is 0 Å². The highest BCUT2D eigenvalue weighted by Gasteiger charge is 2.35. The van der Waals surface area contributed by atoms with E-state index < -0.39 is 10.8 Å². The van der Waals surface area contributed by atoms with Gasteiger partial charge in [-0.15, -0.1) is 0 Å². The van der Waals surface area contributed by atoms with E-state index in [1.165, 1.54) is 0 Å². The Hall–Kier alpha value is -0.460. The van der Waals surface area contributed by atoms with Gasteiger partial charge in [-0.2, -0.15) is 0 Å². The van der Waals surface area contributed by atoms with Crippen molar-refractivity contribution in [3.05, 3.63) is 10.6 Å². The molecule has 0 amide bonds. The first-order valence-electron chi connectivity index (χ1n) is 6.72. The summed E-state index contributed by atoms with van der Waals surface area (Å²) in [4.78, 5) is 7.99. The van der Waals surface area contributed by atoms with Gasteiger partial charge in [-0.1, -0.05) is 25.2 Å². The van der Waals surface area contributed by atoms with Gasteiger partial charge in [0.2, 0.25) is 0 Å². The zero-order valence-electron chi connectivity index (χ0n) is 11.4. The van der Waals surface area contributed by atoms with Crippen LogP contribution in [0.25, 0.3) is 0 Å². The van der Waals surface area contributed by atoms with Gasteiger partial charge in [0.15, 0.2) is 5.13 Å². The quantitative estimate of drug-likeness (QED) is 0.858. The molecule has 6 heteroatoms. The number of nitrogens with zero attached hydrogens (tertiary/aromatic N) is 2. The normalized spacial score (nSPS) is 27.3. The molecule has 1 unspecified atom stereocenters. The Morgan fingerprint density at radius 2 is 2.11 bits per heavy atom. The third kappa shape index (κ3) is 2.71. The Balaban J connectivity index is 1.84. The van der Waals surface area contributed by atoms with Gasteiger partial charge in [0.25, 0.3) is 0 Å². The fraction of sp³-hybridized carbons (Fsp3) is 0.769. The Kier molecular flexibility index (Phi) is 3.43. The van der Waals surface area contributed by atoms with E-state index in [1.807, 2.05) is 0 Å². The molecule has 0 aromatic carbocycles. The first-order chi connectivity index (χ1) is 8.94. The second-order valence-electron chi connectivity index (χ2n) is 6.20. The number of hydrogen-bond acceptors (Lipinski definition) is 5. The van der Waals surface area contributed by atoms with Gasteiger partial charge in [0, 0.05) is 35.4 Å². The van der Waals surface area contributed by atoms with Crippen LogP contribution >= 0.6 is 11.3 Å². The van der Waals surface area contributed by atoms with Crippen molar-refractivity contribution in [3.63, 3.8) is 0 Å².